The van der Waals surface area contributed by atoms with Crippen LogP contribution in [-0.4, -0.2) is 97.9 Å². The smallest absolute Gasteiger partial charge is 0.229 e. The number of likely N-dealkylation sites (N-methyl/N-ethyl adjacent to an activating group) is 1. The number of nitrogens with zero attached hydrogens (tertiary/aromatic N) is 4. The number of carbonyl (C=O) groups is 3. The van der Waals surface area contributed by atoms with Gasteiger partial charge in [0.05, 0.1) is 17.7 Å². The third kappa shape index (κ3) is 27.0. The lowest BCUT2D eigenvalue weighted by Gasteiger charge is -2.32. The Balaban J connectivity index is 0. The molecule has 1 saturated heterocycles. The molecular weight excluding hydrogens is 625 g/mol. The van der Waals surface area contributed by atoms with Crippen LogP contribution in [0.15, 0.2) is 74.1 Å². The van der Waals surface area contributed by atoms with E-state index in [2.05, 4.69) is 56.3 Å². The fraction of sp³-hybridized carbons (Fsp3) is 0.472. The molecule has 11 nitrogen and oxygen atoms in total. The Morgan fingerprint density at radius 1 is 1.04 bits per heavy atom. The summed E-state index contributed by atoms with van der Waals surface area (Å²) in [5, 5.41) is 19.2. The first kappa shape index (κ1) is 45.9. The van der Waals surface area contributed by atoms with Crippen LogP contribution >= 0.6 is 11.8 Å². The molecule has 1 atom stereocenters. The van der Waals surface area contributed by atoms with Crippen LogP contribution in [0.1, 0.15) is 39.8 Å². The van der Waals surface area contributed by atoms with Gasteiger partial charge in [-0.25, -0.2) is 0 Å². The Bertz CT molecular complexity index is 1180. The van der Waals surface area contributed by atoms with Gasteiger partial charge in [-0.1, -0.05) is 32.6 Å². The number of amides is 3. The lowest BCUT2D eigenvalue weighted by Crippen LogP contribution is -2.45. The number of allylic oxidation sites excluding steroid dienone is 1. The van der Waals surface area contributed by atoms with Crippen LogP contribution in [0.5, 0.6) is 0 Å². The van der Waals surface area contributed by atoms with Crippen LogP contribution in [0.2, 0.25) is 0 Å². The molecule has 4 N–H and O–H groups in total. The fourth-order valence-corrected chi connectivity index (χ4v) is 3.90. The van der Waals surface area contributed by atoms with Gasteiger partial charge in [-0.05, 0) is 62.8 Å². The average molecular weight is 683 g/mol. The zero-order valence-corrected chi connectivity index (χ0v) is 30.9. The average Bonchev–Trinajstić information content (AvgIpc) is 3.11. The number of benzene rings is 1. The van der Waals surface area contributed by atoms with Crippen molar-refractivity contribution in [3.8, 4) is 6.07 Å². The van der Waals surface area contributed by atoms with Crippen molar-refractivity contribution in [1.29, 1.82) is 5.26 Å². The molecule has 1 aromatic carbocycles. The van der Waals surface area contributed by atoms with Crippen molar-refractivity contribution in [2.24, 2.45) is 5.92 Å². The van der Waals surface area contributed by atoms with Crippen molar-refractivity contribution in [1.82, 2.24) is 25.4 Å². The fourth-order valence-electron chi connectivity index (χ4n) is 3.49. The van der Waals surface area contributed by atoms with E-state index in [1.165, 1.54) is 18.7 Å². The quantitative estimate of drug-likeness (QED) is 0.227. The summed E-state index contributed by atoms with van der Waals surface area (Å²) < 4.78 is 0. The maximum Gasteiger partial charge on any atom is 0.229 e. The molecule has 0 saturated carbocycles. The van der Waals surface area contributed by atoms with E-state index in [0.717, 1.165) is 56.2 Å². The van der Waals surface area contributed by atoms with Gasteiger partial charge in [-0.2, -0.15) is 17.0 Å². The molecule has 2 aromatic rings. The minimum atomic E-state index is 0.00463. The summed E-state index contributed by atoms with van der Waals surface area (Å²) in [6.07, 6.45) is 8.22. The number of anilines is 2. The lowest BCUT2D eigenvalue weighted by molar-refractivity contribution is -0.119. The Hall–Kier alpha value is -4.18. The van der Waals surface area contributed by atoms with Gasteiger partial charge in [0, 0.05) is 89.3 Å². The third-order valence-electron chi connectivity index (χ3n) is 6.28. The van der Waals surface area contributed by atoms with Gasteiger partial charge in [-0.3, -0.25) is 19.4 Å². The van der Waals surface area contributed by atoms with Crippen molar-refractivity contribution in [2.45, 2.75) is 40.5 Å². The van der Waals surface area contributed by atoms with E-state index in [1.807, 2.05) is 68.6 Å². The van der Waals surface area contributed by atoms with Gasteiger partial charge >= 0.3 is 0 Å². The molecule has 1 fully saturated rings. The molecule has 48 heavy (non-hydrogen) atoms. The molecule has 1 unspecified atom stereocenters. The summed E-state index contributed by atoms with van der Waals surface area (Å²) in [7, 11) is 3.77. The number of carbonyl (C=O) groups excluding carboxylic acids is 3. The van der Waals surface area contributed by atoms with E-state index in [0.29, 0.717) is 18.7 Å². The highest BCUT2D eigenvalue weighted by molar-refractivity contribution is 7.99. The molecule has 1 aromatic heterocycles. The first-order chi connectivity index (χ1) is 23.1. The number of rotatable bonds is 12. The molecular formula is C36H58N8O3S. The van der Waals surface area contributed by atoms with Gasteiger partial charge in [-0.15, -0.1) is 6.58 Å². The number of thioether (sulfide) groups is 1. The normalized spacial score (nSPS) is 12.4. The molecule has 2 heterocycles. The Morgan fingerprint density at radius 2 is 1.67 bits per heavy atom. The largest absolute Gasteiger partial charge is 0.362 e. The zero-order valence-electron chi connectivity index (χ0n) is 30.1. The minimum absolute atomic E-state index is 0.00463. The molecule has 1 aliphatic heterocycles. The van der Waals surface area contributed by atoms with Crippen LogP contribution in [0, 0.1) is 17.2 Å². The van der Waals surface area contributed by atoms with Gasteiger partial charge in [0.2, 0.25) is 17.7 Å². The van der Waals surface area contributed by atoms with Crippen LogP contribution in [0.25, 0.3) is 0 Å². The van der Waals surface area contributed by atoms with Gasteiger partial charge < -0.3 is 31.1 Å². The number of aromatic nitrogens is 1. The molecule has 0 aliphatic carbocycles. The Morgan fingerprint density at radius 3 is 2.10 bits per heavy atom. The molecule has 0 radical (unpaired) electrons. The first-order valence-corrected chi connectivity index (χ1v) is 17.5. The Kier molecular flexibility index (Phi) is 30.1. The predicted octanol–water partition coefficient (Wildman–Crippen LogP) is 5.03. The topological polar surface area (TPSA) is 142 Å². The van der Waals surface area contributed by atoms with Crippen molar-refractivity contribution < 1.29 is 14.4 Å². The van der Waals surface area contributed by atoms with E-state index < -0.39 is 0 Å². The third-order valence-corrected chi connectivity index (χ3v) is 6.83. The summed E-state index contributed by atoms with van der Waals surface area (Å²) in [5.41, 5.74) is 2.79. The molecule has 12 heteroatoms. The monoisotopic (exact) mass is 682 g/mol. The highest BCUT2D eigenvalue weighted by atomic mass is 32.2. The second-order valence-electron chi connectivity index (χ2n) is 10.2. The minimum Gasteiger partial charge on any atom is -0.362 e. The summed E-state index contributed by atoms with van der Waals surface area (Å²) in [5.74, 6) is 0.734. The number of pyridine rings is 1. The van der Waals surface area contributed by atoms with Crippen LogP contribution in [0.4, 0.5) is 11.4 Å². The molecule has 3 amide bonds. The number of nitriles is 1. The highest BCUT2D eigenvalue weighted by Crippen LogP contribution is 2.13. The van der Waals surface area contributed by atoms with E-state index in [4.69, 9.17) is 5.26 Å². The number of piperazine rings is 1. The molecule has 0 bridgehead atoms. The van der Waals surface area contributed by atoms with Crippen LogP contribution in [0.3, 0.4) is 0 Å². The van der Waals surface area contributed by atoms with Crippen molar-refractivity contribution in [3.63, 3.8) is 0 Å². The maximum atomic E-state index is 12.0. The number of hydrogen-bond donors (Lipinski definition) is 4. The summed E-state index contributed by atoms with van der Waals surface area (Å²) in [4.78, 5) is 41.5. The summed E-state index contributed by atoms with van der Waals surface area (Å²) in [6.45, 7) is 20.1. The maximum absolute atomic E-state index is 12.0. The van der Waals surface area contributed by atoms with Crippen molar-refractivity contribution >= 4 is 40.9 Å². The van der Waals surface area contributed by atoms with E-state index >= 15 is 0 Å². The summed E-state index contributed by atoms with van der Waals surface area (Å²) in [6, 6.07) is 15.4. The van der Waals surface area contributed by atoms with E-state index in [9.17, 15) is 14.4 Å². The standard InChI is InChI=1S/C16H24N4O.C9H12N2O.C5H7N.C4H9NOS.C2H6/c1-3-17-14-4-6-15(7-5-14)18-16(21)8-9-20-12-10-19(2)11-13-20;1-8(12)10-7-5-9-4-2-3-6-11-9;1-3-5(2)4-6;1-5-4(6)3-7-2;1-2/h3-7,17H,1,8-13H2,2H3,(H,18,21);2-4,6H,5,7H2,1H3,(H,10,12);3,5H,1H2,2H3;3H2,1-2H3,(H,5,6);1-2H3. The summed E-state index contributed by atoms with van der Waals surface area (Å²) >= 11 is 1.52. The van der Waals surface area contributed by atoms with Crippen molar-refractivity contribution in [3.05, 3.63) is 79.8 Å². The SMILES string of the molecule is C=CC(C)C#N.C=CNc1ccc(NC(=O)CCN2CCN(C)CC2)cc1.CC.CC(=O)NCCc1ccccn1.CNC(=O)CSC. The van der Waals surface area contributed by atoms with Gasteiger partial charge in [0.25, 0.3) is 0 Å². The number of nitrogens with one attached hydrogen (secondary N) is 4. The van der Waals surface area contributed by atoms with Crippen LogP contribution in [-0.2, 0) is 20.8 Å². The highest BCUT2D eigenvalue weighted by Gasteiger charge is 2.14. The number of hydrogen-bond acceptors (Lipinski definition) is 9. The first-order valence-electron chi connectivity index (χ1n) is 16.1. The molecule has 0 spiro atoms. The van der Waals surface area contributed by atoms with Gasteiger partial charge in [0.15, 0.2) is 0 Å². The Labute approximate surface area is 293 Å². The second-order valence-corrected chi connectivity index (χ2v) is 11.0. The van der Waals surface area contributed by atoms with Crippen molar-refractivity contribution in [2.75, 3.05) is 76.0 Å². The predicted molar refractivity (Wildman–Crippen MR) is 203 cm³/mol. The molecule has 266 valence electrons. The van der Waals surface area contributed by atoms with Gasteiger partial charge in [0.1, 0.15) is 0 Å². The zero-order chi connectivity index (χ0) is 36.6. The molecule has 1 aliphatic rings. The van der Waals surface area contributed by atoms with E-state index in [1.54, 1.807) is 32.4 Å². The lowest BCUT2D eigenvalue weighted by atomic mass is 10.2. The second kappa shape index (κ2) is 31.4. The molecule has 3 rings (SSSR count). The van der Waals surface area contributed by atoms with Crippen LogP contribution < -0.4 is 21.3 Å². The van der Waals surface area contributed by atoms with E-state index in [-0.39, 0.29) is 23.6 Å².